The van der Waals surface area contributed by atoms with Crippen LogP contribution in [0.5, 0.6) is 0 Å². The molecule has 1 heterocycles. The van der Waals surface area contributed by atoms with Crippen molar-refractivity contribution in [3.8, 4) is 0 Å². The lowest BCUT2D eigenvalue weighted by molar-refractivity contribution is 0.276. The molecule has 2 aromatic rings. The topological polar surface area (TPSA) is 46.0 Å². The average Bonchev–Trinajstić information content (AvgIpc) is 2.28. The van der Waals surface area contributed by atoms with E-state index >= 15 is 0 Å². The van der Waals surface area contributed by atoms with Crippen LogP contribution in [0.2, 0.25) is 0 Å². The number of halogens is 1. The second kappa shape index (κ2) is 5.01. The van der Waals surface area contributed by atoms with Gasteiger partial charge in [-0.1, -0.05) is 12.1 Å². The van der Waals surface area contributed by atoms with Gasteiger partial charge in [0.2, 0.25) is 0 Å². The van der Waals surface area contributed by atoms with E-state index in [0.29, 0.717) is 17.9 Å². The molecule has 0 spiro atoms. The van der Waals surface area contributed by atoms with E-state index in [9.17, 15) is 4.39 Å². The summed E-state index contributed by atoms with van der Waals surface area (Å²) < 4.78 is 13.0. The first kappa shape index (κ1) is 11.7. The van der Waals surface area contributed by atoms with Crippen LogP contribution in [0.15, 0.2) is 30.3 Å². The molecule has 0 radical (unpaired) electrons. The van der Waals surface area contributed by atoms with Crippen LogP contribution >= 0.6 is 0 Å². The molecule has 0 saturated heterocycles. The first-order chi connectivity index (χ1) is 8.17. The summed E-state index contributed by atoms with van der Waals surface area (Å²) in [6.45, 7) is 1.73. The molecule has 0 saturated carbocycles. The van der Waals surface area contributed by atoms with Gasteiger partial charge < -0.3 is 5.11 Å². The Morgan fingerprint density at radius 2 is 2.06 bits per heavy atom. The van der Waals surface area contributed by atoms with Gasteiger partial charge in [0.1, 0.15) is 11.6 Å². The lowest BCUT2D eigenvalue weighted by Crippen LogP contribution is -2.02. The molecule has 1 aromatic carbocycles. The van der Waals surface area contributed by atoms with Gasteiger partial charge in [0, 0.05) is 12.1 Å². The fraction of sp³-hybridized carbons (Fsp3) is 0.231. The third kappa shape index (κ3) is 3.07. The van der Waals surface area contributed by atoms with Crippen molar-refractivity contribution in [1.29, 1.82) is 0 Å². The number of rotatable bonds is 3. The van der Waals surface area contributed by atoms with E-state index < -0.39 is 0 Å². The summed E-state index contributed by atoms with van der Waals surface area (Å²) >= 11 is 0. The molecule has 2 rings (SSSR count). The minimum absolute atomic E-state index is 0.112. The molecule has 88 valence electrons. The number of aryl methyl sites for hydroxylation is 1. The second-order valence-electron chi connectivity index (χ2n) is 3.88. The van der Waals surface area contributed by atoms with E-state index in [4.69, 9.17) is 5.11 Å². The Bertz CT molecular complexity index is 529. The predicted molar refractivity (Wildman–Crippen MR) is 61.9 cm³/mol. The first-order valence-corrected chi connectivity index (χ1v) is 5.36. The van der Waals surface area contributed by atoms with Crippen LogP contribution in [0.25, 0.3) is 0 Å². The normalized spacial score (nSPS) is 10.5. The minimum atomic E-state index is -0.266. The van der Waals surface area contributed by atoms with E-state index in [1.807, 2.05) is 13.0 Å². The van der Waals surface area contributed by atoms with E-state index in [0.717, 1.165) is 11.3 Å². The SMILES string of the molecule is Cc1cc(CO)nc(Cc2cccc(F)c2)n1. The molecule has 0 fully saturated rings. The molecule has 1 aromatic heterocycles. The highest BCUT2D eigenvalue weighted by atomic mass is 19.1. The summed E-state index contributed by atoms with van der Waals surface area (Å²) in [5.41, 5.74) is 2.21. The van der Waals surface area contributed by atoms with Crippen molar-refractivity contribution in [3.63, 3.8) is 0 Å². The minimum Gasteiger partial charge on any atom is -0.390 e. The van der Waals surface area contributed by atoms with Crippen molar-refractivity contribution in [2.45, 2.75) is 20.0 Å². The molecule has 0 aliphatic rings. The maximum atomic E-state index is 13.0. The van der Waals surface area contributed by atoms with Gasteiger partial charge in [0.25, 0.3) is 0 Å². The highest BCUT2D eigenvalue weighted by Gasteiger charge is 2.04. The van der Waals surface area contributed by atoms with Crippen LogP contribution in [0.1, 0.15) is 22.8 Å². The van der Waals surface area contributed by atoms with Gasteiger partial charge in [-0.05, 0) is 30.7 Å². The van der Waals surface area contributed by atoms with Gasteiger partial charge >= 0.3 is 0 Å². The molecule has 0 bridgehead atoms. The fourth-order valence-corrected chi connectivity index (χ4v) is 1.69. The van der Waals surface area contributed by atoms with Crippen molar-refractivity contribution in [1.82, 2.24) is 9.97 Å². The fourth-order valence-electron chi connectivity index (χ4n) is 1.69. The molecule has 0 amide bonds. The molecule has 17 heavy (non-hydrogen) atoms. The highest BCUT2D eigenvalue weighted by molar-refractivity contribution is 5.21. The third-order valence-electron chi connectivity index (χ3n) is 2.37. The first-order valence-electron chi connectivity index (χ1n) is 5.36. The molecular formula is C13H13FN2O. The quantitative estimate of drug-likeness (QED) is 0.880. The molecule has 0 aliphatic carbocycles. The Hall–Kier alpha value is -1.81. The smallest absolute Gasteiger partial charge is 0.133 e. The molecule has 4 heteroatoms. The van der Waals surface area contributed by atoms with Crippen LogP contribution in [0.4, 0.5) is 4.39 Å². The van der Waals surface area contributed by atoms with E-state index in [1.54, 1.807) is 12.1 Å². The van der Waals surface area contributed by atoms with Gasteiger partial charge in [-0.2, -0.15) is 0 Å². The van der Waals surface area contributed by atoms with Crippen molar-refractivity contribution in [3.05, 3.63) is 58.9 Å². The Balaban J connectivity index is 2.26. The van der Waals surface area contributed by atoms with Gasteiger partial charge in [-0.3, -0.25) is 0 Å². The molecular weight excluding hydrogens is 219 g/mol. The number of nitrogens with zero attached hydrogens (tertiary/aromatic N) is 2. The van der Waals surface area contributed by atoms with Gasteiger partial charge in [-0.15, -0.1) is 0 Å². The van der Waals surface area contributed by atoms with Crippen LogP contribution in [-0.4, -0.2) is 15.1 Å². The van der Waals surface area contributed by atoms with Crippen LogP contribution in [0, 0.1) is 12.7 Å². The van der Waals surface area contributed by atoms with Crippen LogP contribution in [-0.2, 0) is 13.0 Å². The largest absolute Gasteiger partial charge is 0.390 e. The Labute approximate surface area is 99.0 Å². The standard InChI is InChI=1S/C13H13FN2O/c1-9-5-12(8-17)16-13(15-9)7-10-3-2-4-11(14)6-10/h2-6,17H,7-8H2,1H3. The maximum absolute atomic E-state index is 13.0. The van der Waals surface area contributed by atoms with Crippen molar-refractivity contribution >= 4 is 0 Å². The average molecular weight is 232 g/mol. The molecule has 0 atom stereocenters. The number of aliphatic hydroxyl groups excluding tert-OH is 1. The predicted octanol–water partition coefficient (Wildman–Crippen LogP) is 2.01. The zero-order valence-electron chi connectivity index (χ0n) is 9.52. The summed E-state index contributed by atoms with van der Waals surface area (Å²) in [6, 6.07) is 8.08. The Morgan fingerprint density at radius 1 is 1.24 bits per heavy atom. The Kier molecular flexibility index (Phi) is 3.44. The molecule has 1 N–H and O–H groups in total. The lowest BCUT2D eigenvalue weighted by atomic mass is 10.1. The summed E-state index contributed by atoms with van der Waals surface area (Å²) in [4.78, 5) is 8.46. The molecule has 0 aliphatic heterocycles. The van der Waals surface area contributed by atoms with Crippen molar-refractivity contribution < 1.29 is 9.50 Å². The highest BCUT2D eigenvalue weighted by Crippen LogP contribution is 2.09. The van der Waals surface area contributed by atoms with Crippen molar-refractivity contribution in [2.75, 3.05) is 0 Å². The van der Waals surface area contributed by atoms with E-state index in [2.05, 4.69) is 9.97 Å². The lowest BCUT2D eigenvalue weighted by Gasteiger charge is -2.04. The third-order valence-corrected chi connectivity index (χ3v) is 2.37. The maximum Gasteiger partial charge on any atom is 0.133 e. The molecule has 0 unspecified atom stereocenters. The monoisotopic (exact) mass is 232 g/mol. The van der Waals surface area contributed by atoms with E-state index in [-0.39, 0.29) is 12.4 Å². The van der Waals surface area contributed by atoms with E-state index in [1.165, 1.54) is 12.1 Å². The number of hydrogen-bond acceptors (Lipinski definition) is 3. The van der Waals surface area contributed by atoms with Crippen LogP contribution in [0.3, 0.4) is 0 Å². The van der Waals surface area contributed by atoms with Crippen molar-refractivity contribution in [2.24, 2.45) is 0 Å². The number of benzene rings is 1. The van der Waals surface area contributed by atoms with Gasteiger partial charge in [0.15, 0.2) is 0 Å². The summed E-state index contributed by atoms with van der Waals surface area (Å²) in [5.74, 6) is 0.331. The summed E-state index contributed by atoms with van der Waals surface area (Å²) in [6.07, 6.45) is 0.465. The zero-order chi connectivity index (χ0) is 12.3. The Morgan fingerprint density at radius 3 is 2.76 bits per heavy atom. The molecule has 3 nitrogen and oxygen atoms in total. The second-order valence-corrected chi connectivity index (χ2v) is 3.88. The summed E-state index contributed by atoms with van der Waals surface area (Å²) in [7, 11) is 0. The summed E-state index contributed by atoms with van der Waals surface area (Å²) in [5, 5.41) is 9.05. The van der Waals surface area contributed by atoms with Gasteiger partial charge in [-0.25, -0.2) is 14.4 Å². The number of aliphatic hydroxyl groups is 1. The van der Waals surface area contributed by atoms with Gasteiger partial charge in [0.05, 0.1) is 12.3 Å². The number of aromatic nitrogens is 2. The number of hydrogen-bond donors (Lipinski definition) is 1. The van der Waals surface area contributed by atoms with Crippen LogP contribution < -0.4 is 0 Å². The zero-order valence-corrected chi connectivity index (χ0v) is 9.52.